The highest BCUT2D eigenvalue weighted by molar-refractivity contribution is 7.13. The monoisotopic (exact) mass is 463 g/mol. The summed E-state index contributed by atoms with van der Waals surface area (Å²) in [7, 11) is 3.10. The Morgan fingerprint density at radius 3 is 2.81 bits per heavy atom. The van der Waals surface area contributed by atoms with Crippen LogP contribution in [0.15, 0.2) is 40.5 Å². The second-order valence-corrected chi connectivity index (χ2v) is 7.13. The number of aromatic nitrogens is 5. The second kappa shape index (κ2) is 9.09. The number of halogens is 2. The highest BCUT2D eigenvalue weighted by Gasteiger charge is 2.18. The molecule has 0 fully saturated rings. The maximum Gasteiger partial charge on any atom is 0.387 e. The van der Waals surface area contributed by atoms with E-state index in [1.165, 1.54) is 36.6 Å². The molecule has 3 aromatic heterocycles. The average Bonchev–Trinajstić information content (AvgIpc) is 3.52. The van der Waals surface area contributed by atoms with E-state index in [1.54, 1.807) is 29.5 Å². The molecule has 0 amide bonds. The van der Waals surface area contributed by atoms with Gasteiger partial charge in [-0.25, -0.2) is 9.78 Å². The van der Waals surface area contributed by atoms with Crippen molar-refractivity contribution in [3.8, 4) is 33.5 Å². The summed E-state index contributed by atoms with van der Waals surface area (Å²) in [5.41, 5.74) is 1.37. The van der Waals surface area contributed by atoms with Crippen LogP contribution in [-0.4, -0.2) is 44.6 Å². The number of esters is 1. The molecule has 0 atom stereocenters. The van der Waals surface area contributed by atoms with E-state index in [-0.39, 0.29) is 35.5 Å². The van der Waals surface area contributed by atoms with E-state index in [9.17, 15) is 13.6 Å². The SMILES string of the molecule is COc1cc(-c2noc(COC(=O)c3csc(-c4cnn(C)c4)n3)n2)ccc1OC(F)F. The Kier molecular flexibility index (Phi) is 6.07. The molecule has 0 saturated heterocycles. The highest BCUT2D eigenvalue weighted by atomic mass is 32.1. The summed E-state index contributed by atoms with van der Waals surface area (Å²) in [6.07, 6.45) is 3.43. The Balaban J connectivity index is 1.40. The van der Waals surface area contributed by atoms with Crippen LogP contribution in [-0.2, 0) is 18.4 Å². The van der Waals surface area contributed by atoms with Crippen molar-refractivity contribution >= 4 is 17.3 Å². The number of nitrogens with zero attached hydrogens (tertiary/aromatic N) is 5. The molecule has 0 aliphatic rings. The standard InChI is InChI=1S/C19H15F2N5O5S/c1-26-7-11(6-22-26)17-23-12(9-32-17)18(27)29-8-15-24-16(25-31-15)10-3-4-13(30-19(20)21)14(5-10)28-2/h3-7,9,19H,8H2,1-2H3. The van der Waals surface area contributed by atoms with Gasteiger partial charge in [0.25, 0.3) is 5.89 Å². The van der Waals surface area contributed by atoms with Gasteiger partial charge in [-0.15, -0.1) is 11.3 Å². The number of carbonyl (C=O) groups is 1. The average molecular weight is 463 g/mol. The van der Waals surface area contributed by atoms with Crippen molar-refractivity contribution < 1.29 is 32.3 Å². The summed E-state index contributed by atoms with van der Waals surface area (Å²) < 4.78 is 46.3. The van der Waals surface area contributed by atoms with Crippen molar-refractivity contribution in [2.75, 3.05) is 7.11 Å². The van der Waals surface area contributed by atoms with Crippen molar-refractivity contribution in [3.63, 3.8) is 0 Å². The predicted molar refractivity (Wildman–Crippen MR) is 106 cm³/mol. The minimum absolute atomic E-state index is 0.0444. The summed E-state index contributed by atoms with van der Waals surface area (Å²) in [6.45, 7) is -3.26. The molecule has 0 unspecified atom stereocenters. The van der Waals surface area contributed by atoms with Gasteiger partial charge in [0, 0.05) is 29.8 Å². The first kappa shape index (κ1) is 21.4. The summed E-state index contributed by atoms with van der Waals surface area (Å²) >= 11 is 1.29. The van der Waals surface area contributed by atoms with Crippen molar-refractivity contribution in [2.24, 2.45) is 7.05 Å². The lowest BCUT2D eigenvalue weighted by atomic mass is 10.2. The van der Waals surface area contributed by atoms with Gasteiger partial charge in [0.2, 0.25) is 5.82 Å². The molecule has 0 aliphatic heterocycles. The number of thiazole rings is 1. The molecule has 0 radical (unpaired) electrons. The third kappa shape index (κ3) is 4.72. The molecule has 0 spiro atoms. The molecular formula is C19H15F2N5O5S. The molecule has 3 heterocycles. The van der Waals surface area contributed by atoms with Crippen LogP contribution < -0.4 is 9.47 Å². The summed E-state index contributed by atoms with van der Waals surface area (Å²) in [5, 5.41) is 10.1. The normalized spacial score (nSPS) is 11.0. The van der Waals surface area contributed by atoms with Crippen molar-refractivity contribution in [1.82, 2.24) is 24.9 Å². The van der Waals surface area contributed by atoms with Gasteiger partial charge in [0.1, 0.15) is 5.01 Å². The number of aryl methyl sites for hydroxylation is 1. The van der Waals surface area contributed by atoms with Gasteiger partial charge >= 0.3 is 12.6 Å². The molecular weight excluding hydrogens is 448 g/mol. The first-order valence-electron chi connectivity index (χ1n) is 9.00. The molecule has 13 heteroatoms. The fourth-order valence-electron chi connectivity index (χ4n) is 2.66. The van der Waals surface area contributed by atoms with E-state index in [0.717, 1.165) is 5.56 Å². The third-order valence-electron chi connectivity index (χ3n) is 4.10. The molecule has 0 aliphatic carbocycles. The number of alkyl halides is 2. The van der Waals surface area contributed by atoms with E-state index in [0.29, 0.717) is 10.6 Å². The van der Waals surface area contributed by atoms with Gasteiger partial charge in [-0.3, -0.25) is 4.68 Å². The fraction of sp³-hybridized carbons (Fsp3) is 0.211. The lowest BCUT2D eigenvalue weighted by molar-refractivity contribution is -0.0512. The number of rotatable bonds is 8. The number of benzene rings is 1. The van der Waals surface area contributed by atoms with Crippen molar-refractivity contribution in [3.05, 3.63) is 47.6 Å². The minimum Gasteiger partial charge on any atom is -0.493 e. The fourth-order valence-corrected chi connectivity index (χ4v) is 3.43. The third-order valence-corrected chi connectivity index (χ3v) is 4.99. The topological polar surface area (TPSA) is 114 Å². The summed E-state index contributed by atoms with van der Waals surface area (Å²) in [6, 6.07) is 4.20. The zero-order valence-electron chi connectivity index (χ0n) is 16.7. The number of hydrogen-bond acceptors (Lipinski definition) is 10. The number of carbonyl (C=O) groups excluding carboxylic acids is 1. The predicted octanol–water partition coefficient (Wildman–Crippen LogP) is 3.56. The Morgan fingerprint density at radius 2 is 2.09 bits per heavy atom. The van der Waals surface area contributed by atoms with Gasteiger partial charge in [0.15, 0.2) is 23.8 Å². The molecule has 32 heavy (non-hydrogen) atoms. The zero-order valence-corrected chi connectivity index (χ0v) is 17.5. The number of ether oxygens (including phenoxy) is 3. The molecule has 10 nitrogen and oxygen atoms in total. The molecule has 0 N–H and O–H groups in total. The Bertz CT molecular complexity index is 1240. The van der Waals surface area contributed by atoms with Gasteiger partial charge in [0.05, 0.1) is 13.3 Å². The van der Waals surface area contributed by atoms with E-state index in [1.807, 2.05) is 0 Å². The van der Waals surface area contributed by atoms with E-state index in [4.69, 9.17) is 14.0 Å². The lowest BCUT2D eigenvalue weighted by Crippen LogP contribution is -2.06. The molecule has 0 bridgehead atoms. The van der Waals surface area contributed by atoms with Crippen LogP contribution in [0.5, 0.6) is 11.5 Å². The molecule has 0 saturated carbocycles. The molecule has 1 aromatic carbocycles. The van der Waals surface area contributed by atoms with Crippen LogP contribution in [0.25, 0.3) is 22.0 Å². The van der Waals surface area contributed by atoms with E-state index < -0.39 is 12.6 Å². The summed E-state index contributed by atoms with van der Waals surface area (Å²) in [5.74, 6) is -0.494. The molecule has 166 valence electrons. The largest absolute Gasteiger partial charge is 0.493 e. The highest BCUT2D eigenvalue weighted by Crippen LogP contribution is 2.32. The quantitative estimate of drug-likeness (QED) is 0.362. The van der Waals surface area contributed by atoms with E-state index >= 15 is 0 Å². The number of hydrogen-bond donors (Lipinski definition) is 0. The summed E-state index contributed by atoms with van der Waals surface area (Å²) in [4.78, 5) is 20.7. The van der Waals surface area contributed by atoms with Crippen LogP contribution >= 0.6 is 11.3 Å². The van der Waals surface area contributed by atoms with Crippen LogP contribution in [0.4, 0.5) is 8.78 Å². The Labute approximate surface area is 183 Å². The maximum absolute atomic E-state index is 12.5. The second-order valence-electron chi connectivity index (χ2n) is 6.27. The van der Waals surface area contributed by atoms with Gasteiger partial charge < -0.3 is 18.7 Å². The zero-order chi connectivity index (χ0) is 22.7. The Morgan fingerprint density at radius 1 is 1.25 bits per heavy atom. The van der Waals surface area contributed by atoms with Crippen LogP contribution in [0.2, 0.25) is 0 Å². The van der Waals surface area contributed by atoms with Gasteiger partial charge in [-0.1, -0.05) is 5.16 Å². The van der Waals surface area contributed by atoms with Crippen LogP contribution in [0.3, 0.4) is 0 Å². The minimum atomic E-state index is -2.99. The smallest absolute Gasteiger partial charge is 0.387 e. The number of methoxy groups -OCH3 is 1. The maximum atomic E-state index is 12.5. The Hall–Kier alpha value is -3.87. The van der Waals surface area contributed by atoms with E-state index in [2.05, 4.69) is 25.0 Å². The van der Waals surface area contributed by atoms with Crippen molar-refractivity contribution in [2.45, 2.75) is 13.2 Å². The van der Waals surface area contributed by atoms with Crippen LogP contribution in [0.1, 0.15) is 16.4 Å². The first-order chi connectivity index (χ1) is 15.4. The van der Waals surface area contributed by atoms with Crippen molar-refractivity contribution in [1.29, 1.82) is 0 Å². The van der Waals surface area contributed by atoms with Gasteiger partial charge in [-0.05, 0) is 18.2 Å². The lowest BCUT2D eigenvalue weighted by Gasteiger charge is -2.10. The molecule has 4 rings (SSSR count). The first-order valence-corrected chi connectivity index (χ1v) is 9.88. The molecule has 4 aromatic rings. The van der Waals surface area contributed by atoms with Gasteiger partial charge in [-0.2, -0.15) is 18.9 Å². The van der Waals surface area contributed by atoms with Crippen LogP contribution in [0, 0.1) is 0 Å².